The van der Waals surface area contributed by atoms with Crippen LogP contribution in [0, 0.1) is 0 Å². The van der Waals surface area contributed by atoms with Gasteiger partial charge in [-0.25, -0.2) is 4.98 Å². The van der Waals surface area contributed by atoms with Crippen molar-refractivity contribution in [1.82, 2.24) is 14.9 Å². The van der Waals surface area contributed by atoms with Crippen molar-refractivity contribution >= 4 is 21.8 Å². The first kappa shape index (κ1) is 14.8. The lowest BCUT2D eigenvalue weighted by Gasteiger charge is -2.07. The van der Waals surface area contributed by atoms with Gasteiger partial charge in [-0.15, -0.1) is 0 Å². The summed E-state index contributed by atoms with van der Waals surface area (Å²) in [5.41, 5.74) is 0.686. The summed E-state index contributed by atoms with van der Waals surface area (Å²) in [6, 6.07) is 7.46. The molecule has 0 fully saturated rings. The van der Waals surface area contributed by atoms with Crippen LogP contribution in [-0.2, 0) is 6.54 Å². The highest BCUT2D eigenvalue weighted by Gasteiger charge is 2.07. The van der Waals surface area contributed by atoms with E-state index in [4.69, 9.17) is 0 Å². The molecule has 0 saturated carbocycles. The smallest absolute Gasteiger partial charge is 0.252 e. The van der Waals surface area contributed by atoms with E-state index in [9.17, 15) is 4.79 Å². The largest absolute Gasteiger partial charge is 0.352 e. The van der Waals surface area contributed by atoms with Gasteiger partial charge < -0.3 is 9.88 Å². The molecule has 1 heterocycles. The molecule has 0 aliphatic rings. The molecule has 0 aliphatic carbocycles. The van der Waals surface area contributed by atoms with Crippen molar-refractivity contribution in [3.63, 3.8) is 0 Å². The fourth-order valence-electron chi connectivity index (χ4n) is 1.96. The van der Waals surface area contributed by atoms with Gasteiger partial charge in [-0.1, -0.05) is 12.1 Å². The van der Waals surface area contributed by atoms with Crippen molar-refractivity contribution in [2.75, 3.05) is 6.54 Å². The molecule has 1 aromatic heterocycles. The van der Waals surface area contributed by atoms with Crippen molar-refractivity contribution in [2.45, 2.75) is 25.8 Å². The van der Waals surface area contributed by atoms with Crippen LogP contribution in [0.15, 0.2) is 47.5 Å². The molecular weight excluding hydrogens is 318 g/mol. The van der Waals surface area contributed by atoms with Gasteiger partial charge in [0, 0.05) is 30.0 Å². The number of imidazole rings is 1. The highest BCUT2D eigenvalue weighted by Crippen LogP contribution is 2.15. The van der Waals surface area contributed by atoms with Gasteiger partial charge in [-0.2, -0.15) is 0 Å². The van der Waals surface area contributed by atoms with Crippen molar-refractivity contribution in [2.24, 2.45) is 0 Å². The van der Waals surface area contributed by atoms with Gasteiger partial charge in [0.1, 0.15) is 0 Å². The summed E-state index contributed by atoms with van der Waals surface area (Å²) in [6.45, 7) is 1.70. The van der Waals surface area contributed by atoms with Gasteiger partial charge in [0.15, 0.2) is 0 Å². The van der Waals surface area contributed by atoms with Gasteiger partial charge >= 0.3 is 0 Å². The van der Waals surface area contributed by atoms with Gasteiger partial charge in [-0.05, 0) is 47.3 Å². The first-order valence-corrected chi connectivity index (χ1v) is 7.55. The first-order valence-electron chi connectivity index (χ1n) is 6.76. The van der Waals surface area contributed by atoms with Crippen LogP contribution >= 0.6 is 15.9 Å². The number of nitrogens with one attached hydrogen (secondary N) is 1. The van der Waals surface area contributed by atoms with Gasteiger partial charge in [0.05, 0.1) is 11.9 Å². The summed E-state index contributed by atoms with van der Waals surface area (Å²) >= 11 is 3.38. The van der Waals surface area contributed by atoms with Crippen molar-refractivity contribution in [3.8, 4) is 0 Å². The zero-order chi connectivity index (χ0) is 14.2. The zero-order valence-corrected chi connectivity index (χ0v) is 12.8. The summed E-state index contributed by atoms with van der Waals surface area (Å²) in [7, 11) is 0. The van der Waals surface area contributed by atoms with Crippen LogP contribution < -0.4 is 5.32 Å². The molecule has 2 aromatic rings. The number of unbranched alkanes of at least 4 members (excludes halogenated alkanes) is 2. The van der Waals surface area contributed by atoms with Crippen LogP contribution in [0.3, 0.4) is 0 Å². The SMILES string of the molecule is O=C(NCCCCCn1ccnc1)c1ccccc1Br. The summed E-state index contributed by atoms with van der Waals surface area (Å²) in [5.74, 6) is -0.0212. The zero-order valence-electron chi connectivity index (χ0n) is 11.3. The second kappa shape index (κ2) is 7.85. The van der Waals surface area contributed by atoms with E-state index >= 15 is 0 Å². The summed E-state index contributed by atoms with van der Waals surface area (Å²) in [6.07, 6.45) is 8.77. The summed E-state index contributed by atoms with van der Waals surface area (Å²) in [4.78, 5) is 15.9. The Balaban J connectivity index is 1.61. The van der Waals surface area contributed by atoms with Crippen LogP contribution in [0.5, 0.6) is 0 Å². The molecule has 106 valence electrons. The number of halogens is 1. The average Bonchev–Trinajstić information content (AvgIpc) is 2.96. The number of aromatic nitrogens is 2. The number of hydrogen-bond donors (Lipinski definition) is 1. The van der Waals surface area contributed by atoms with Gasteiger partial charge in [0.2, 0.25) is 0 Å². The fourth-order valence-corrected chi connectivity index (χ4v) is 2.42. The minimum atomic E-state index is -0.0212. The van der Waals surface area contributed by atoms with Crippen LogP contribution in [-0.4, -0.2) is 22.0 Å². The third-order valence-corrected chi connectivity index (χ3v) is 3.75. The molecule has 5 heteroatoms. The molecule has 0 spiro atoms. The fraction of sp³-hybridized carbons (Fsp3) is 0.333. The Kier molecular flexibility index (Phi) is 5.80. The van der Waals surface area contributed by atoms with E-state index in [0.29, 0.717) is 12.1 Å². The molecule has 0 saturated heterocycles. The molecule has 2 rings (SSSR count). The third-order valence-electron chi connectivity index (χ3n) is 3.06. The summed E-state index contributed by atoms with van der Waals surface area (Å²) in [5, 5.41) is 2.95. The lowest BCUT2D eigenvalue weighted by Crippen LogP contribution is -2.24. The van der Waals surface area contributed by atoms with Gasteiger partial charge in [0.25, 0.3) is 5.91 Å². The number of hydrogen-bond acceptors (Lipinski definition) is 2. The van der Waals surface area contributed by atoms with Crippen LogP contribution in [0.2, 0.25) is 0 Å². The Hall–Kier alpha value is -1.62. The second-order valence-electron chi connectivity index (χ2n) is 4.60. The predicted octanol–water partition coefficient (Wildman–Crippen LogP) is 3.25. The molecular formula is C15H18BrN3O. The van der Waals surface area contributed by atoms with Crippen molar-refractivity contribution in [3.05, 3.63) is 53.0 Å². The molecule has 0 atom stereocenters. The second-order valence-corrected chi connectivity index (χ2v) is 5.45. The third kappa shape index (κ3) is 4.49. The van der Waals surface area contributed by atoms with E-state index in [2.05, 4.69) is 30.8 Å². The quantitative estimate of drug-likeness (QED) is 0.789. The van der Waals surface area contributed by atoms with E-state index in [0.717, 1.165) is 30.3 Å². The maximum Gasteiger partial charge on any atom is 0.252 e. The predicted molar refractivity (Wildman–Crippen MR) is 82.6 cm³/mol. The Morgan fingerprint density at radius 1 is 1.25 bits per heavy atom. The number of aryl methyl sites for hydroxylation is 1. The number of nitrogens with zero attached hydrogens (tertiary/aromatic N) is 2. The Morgan fingerprint density at radius 2 is 2.10 bits per heavy atom. The number of carbonyl (C=O) groups excluding carboxylic acids is 1. The Morgan fingerprint density at radius 3 is 2.85 bits per heavy atom. The number of carbonyl (C=O) groups is 1. The molecule has 0 bridgehead atoms. The van der Waals surface area contributed by atoms with E-state index in [-0.39, 0.29) is 5.91 Å². The monoisotopic (exact) mass is 335 g/mol. The molecule has 1 N–H and O–H groups in total. The maximum atomic E-state index is 11.9. The summed E-state index contributed by atoms with van der Waals surface area (Å²) < 4.78 is 2.90. The van der Waals surface area contributed by atoms with Crippen LogP contribution in [0.1, 0.15) is 29.6 Å². The van der Waals surface area contributed by atoms with Crippen molar-refractivity contribution < 1.29 is 4.79 Å². The molecule has 0 aliphatic heterocycles. The topological polar surface area (TPSA) is 46.9 Å². The van der Waals surface area contributed by atoms with Gasteiger partial charge in [-0.3, -0.25) is 4.79 Å². The lowest BCUT2D eigenvalue weighted by molar-refractivity contribution is 0.0952. The molecule has 20 heavy (non-hydrogen) atoms. The van der Waals surface area contributed by atoms with Crippen molar-refractivity contribution in [1.29, 1.82) is 0 Å². The highest BCUT2D eigenvalue weighted by atomic mass is 79.9. The van der Waals surface area contributed by atoms with E-state index < -0.39 is 0 Å². The molecule has 0 radical (unpaired) electrons. The Bertz CT molecular complexity index is 540. The first-order chi connectivity index (χ1) is 9.77. The lowest BCUT2D eigenvalue weighted by atomic mass is 10.2. The van der Waals surface area contributed by atoms with E-state index in [1.807, 2.05) is 36.8 Å². The highest BCUT2D eigenvalue weighted by molar-refractivity contribution is 9.10. The minimum absolute atomic E-state index is 0.0212. The van der Waals surface area contributed by atoms with Crippen LogP contribution in [0.4, 0.5) is 0 Å². The van der Waals surface area contributed by atoms with E-state index in [1.165, 1.54) is 0 Å². The number of benzene rings is 1. The standard InChI is InChI=1S/C15H18BrN3O/c16-14-7-3-2-6-13(14)15(20)18-8-4-1-5-10-19-11-9-17-12-19/h2-3,6-7,9,11-12H,1,4-5,8,10H2,(H,18,20). The molecule has 1 amide bonds. The number of amides is 1. The normalized spacial score (nSPS) is 10.4. The average molecular weight is 336 g/mol. The molecule has 4 nitrogen and oxygen atoms in total. The molecule has 1 aromatic carbocycles. The molecule has 0 unspecified atom stereocenters. The Labute approximate surface area is 127 Å². The minimum Gasteiger partial charge on any atom is -0.352 e. The number of rotatable bonds is 7. The van der Waals surface area contributed by atoms with E-state index in [1.54, 1.807) is 6.20 Å². The van der Waals surface area contributed by atoms with Crippen LogP contribution in [0.25, 0.3) is 0 Å². The maximum absolute atomic E-state index is 11.9.